The van der Waals surface area contributed by atoms with Crippen molar-refractivity contribution < 1.29 is 22.7 Å². The number of methoxy groups -OCH3 is 1. The van der Waals surface area contributed by atoms with Gasteiger partial charge in [0.2, 0.25) is 15.9 Å². The van der Waals surface area contributed by atoms with Crippen LogP contribution in [0.2, 0.25) is 0 Å². The Morgan fingerprint density at radius 3 is 2.49 bits per heavy atom. The monoisotopic (exact) mass is 517 g/mol. The Kier molecular flexibility index (Phi) is 5.93. The zero-order valence-electron chi connectivity index (χ0n) is 19.7. The van der Waals surface area contributed by atoms with Gasteiger partial charge in [0.1, 0.15) is 15.4 Å². The van der Waals surface area contributed by atoms with Gasteiger partial charge in [0.25, 0.3) is 0 Å². The van der Waals surface area contributed by atoms with Crippen LogP contribution in [-0.4, -0.2) is 58.0 Å². The number of urea groups is 1. The summed E-state index contributed by atoms with van der Waals surface area (Å²) >= 11 is 1.05. The molecule has 2 aromatic rings. The lowest BCUT2D eigenvalue weighted by atomic mass is 10.0. The molecule has 186 valence electrons. The lowest BCUT2D eigenvalue weighted by Crippen LogP contribution is -2.58. The number of nitrogens with zero attached hydrogens (tertiary/aromatic N) is 4. The van der Waals surface area contributed by atoms with Crippen molar-refractivity contribution in [3.8, 4) is 5.75 Å². The highest BCUT2D eigenvalue weighted by Crippen LogP contribution is 2.46. The molecule has 2 aliphatic heterocycles. The summed E-state index contributed by atoms with van der Waals surface area (Å²) < 4.78 is 35.8. The second-order valence-corrected chi connectivity index (χ2v) is 12.5. The summed E-state index contributed by atoms with van der Waals surface area (Å²) in [5.74, 6) is -0.494. The van der Waals surface area contributed by atoms with Crippen LogP contribution in [0.25, 0.3) is 0 Å². The van der Waals surface area contributed by atoms with Gasteiger partial charge >= 0.3 is 6.03 Å². The molecule has 0 bridgehead atoms. The van der Waals surface area contributed by atoms with E-state index in [1.807, 2.05) is 19.1 Å². The van der Waals surface area contributed by atoms with E-state index in [0.717, 1.165) is 30.2 Å². The summed E-state index contributed by atoms with van der Waals surface area (Å²) in [5.41, 5.74) is 1.11. The first-order valence-electron chi connectivity index (χ1n) is 11.2. The van der Waals surface area contributed by atoms with Crippen LogP contribution in [0.5, 0.6) is 5.75 Å². The Hall–Kier alpha value is -2.83. The number of nitrogens with one attached hydrogen (secondary N) is 1. The predicted molar refractivity (Wildman–Crippen MR) is 130 cm³/mol. The Labute approximate surface area is 208 Å². The number of hydrogen-bond acceptors (Lipinski definition) is 7. The number of aryl methyl sites for hydroxylation is 1. The molecular weight excluding hydrogens is 490 g/mol. The van der Waals surface area contributed by atoms with Crippen LogP contribution in [0.1, 0.15) is 30.9 Å². The van der Waals surface area contributed by atoms with Crippen molar-refractivity contribution in [1.82, 2.24) is 24.3 Å². The maximum atomic E-state index is 13.6. The van der Waals surface area contributed by atoms with Gasteiger partial charge < -0.3 is 9.64 Å². The predicted octanol–water partition coefficient (Wildman–Crippen LogP) is 2.40. The number of amides is 3. The molecule has 5 rings (SSSR count). The standard InChI is InChI=1S/C23H27N5O5S2/c1-23(8-9-23)25-35(31,32)19-10-18-20(29)27(14-16-11-24-26(2)12-16)22(30)28(21(18)34-19)13-15-4-6-17(33-3)7-5-15/h4-7,10-12,18,21,25H,8-9,13-14H2,1-3H3. The Balaban J connectivity index is 1.46. The minimum Gasteiger partial charge on any atom is -0.497 e. The van der Waals surface area contributed by atoms with E-state index in [2.05, 4.69) is 9.82 Å². The van der Waals surface area contributed by atoms with Crippen LogP contribution in [0.15, 0.2) is 47.0 Å². The molecule has 1 N–H and O–H groups in total. The lowest BCUT2D eigenvalue weighted by Gasteiger charge is -2.41. The third-order valence-electron chi connectivity index (χ3n) is 6.45. The molecule has 1 aromatic heterocycles. The fraction of sp³-hybridized carbons (Fsp3) is 0.435. The largest absolute Gasteiger partial charge is 0.497 e. The highest BCUT2D eigenvalue weighted by atomic mass is 32.3. The zero-order chi connectivity index (χ0) is 25.0. The first-order chi connectivity index (χ1) is 16.6. The summed E-state index contributed by atoms with van der Waals surface area (Å²) in [6.07, 6.45) is 6.40. The number of carbonyl (C=O) groups is 2. The number of sulfonamides is 1. The fourth-order valence-electron chi connectivity index (χ4n) is 4.23. The average molecular weight is 518 g/mol. The molecule has 1 aromatic carbocycles. The number of imide groups is 1. The van der Waals surface area contributed by atoms with E-state index in [9.17, 15) is 18.0 Å². The summed E-state index contributed by atoms with van der Waals surface area (Å²) in [6.45, 7) is 2.14. The number of hydrogen-bond donors (Lipinski definition) is 1. The first-order valence-corrected chi connectivity index (χ1v) is 13.6. The van der Waals surface area contributed by atoms with Crippen molar-refractivity contribution in [1.29, 1.82) is 0 Å². The van der Waals surface area contributed by atoms with E-state index in [4.69, 9.17) is 4.74 Å². The van der Waals surface area contributed by atoms with E-state index in [-0.39, 0.29) is 17.3 Å². The topological polar surface area (TPSA) is 114 Å². The Morgan fingerprint density at radius 1 is 1.17 bits per heavy atom. The lowest BCUT2D eigenvalue weighted by molar-refractivity contribution is -0.135. The molecule has 1 aliphatic carbocycles. The van der Waals surface area contributed by atoms with Gasteiger partial charge in [-0.2, -0.15) is 5.10 Å². The molecule has 3 aliphatic rings. The van der Waals surface area contributed by atoms with E-state index < -0.39 is 38.8 Å². The highest BCUT2D eigenvalue weighted by molar-refractivity contribution is 8.18. The minimum atomic E-state index is -3.80. The molecule has 2 unspecified atom stereocenters. The maximum Gasteiger partial charge on any atom is 0.328 e. The number of fused-ring (bicyclic) bond motifs is 1. The molecule has 1 saturated carbocycles. The Morgan fingerprint density at radius 2 is 1.89 bits per heavy atom. The summed E-state index contributed by atoms with van der Waals surface area (Å²) in [7, 11) is -0.459. The summed E-state index contributed by atoms with van der Waals surface area (Å²) in [5, 5.41) is 3.47. The maximum absolute atomic E-state index is 13.6. The SMILES string of the molecule is COc1ccc(CN2C(=O)N(Cc3cnn(C)c3)C(=O)C3C=C(S(=O)(=O)NC4(C)CC4)SC32)cc1. The van der Waals surface area contributed by atoms with Crippen LogP contribution < -0.4 is 9.46 Å². The van der Waals surface area contributed by atoms with Gasteiger partial charge in [0.05, 0.1) is 25.8 Å². The molecule has 2 fully saturated rings. The Bertz CT molecular complexity index is 1300. The van der Waals surface area contributed by atoms with E-state index >= 15 is 0 Å². The summed E-state index contributed by atoms with van der Waals surface area (Å²) in [4.78, 5) is 29.8. The van der Waals surface area contributed by atoms with Crippen LogP contribution in [0, 0.1) is 5.92 Å². The molecule has 3 amide bonds. The number of carbonyl (C=O) groups excluding carboxylic acids is 2. The van der Waals surface area contributed by atoms with Crippen molar-refractivity contribution in [3.05, 3.63) is 58.1 Å². The third kappa shape index (κ3) is 4.69. The molecule has 35 heavy (non-hydrogen) atoms. The zero-order valence-corrected chi connectivity index (χ0v) is 21.3. The first kappa shape index (κ1) is 23.9. The molecular formula is C23H27N5O5S2. The van der Waals surface area contributed by atoms with Crippen molar-refractivity contribution in [2.24, 2.45) is 13.0 Å². The number of ether oxygens (including phenoxy) is 1. The quantitative estimate of drug-likeness (QED) is 0.572. The molecule has 0 radical (unpaired) electrons. The van der Waals surface area contributed by atoms with Gasteiger partial charge in [0, 0.05) is 30.9 Å². The molecule has 12 heteroatoms. The van der Waals surface area contributed by atoms with Crippen LogP contribution >= 0.6 is 11.8 Å². The van der Waals surface area contributed by atoms with Crippen LogP contribution in [0.4, 0.5) is 4.79 Å². The van der Waals surface area contributed by atoms with E-state index in [1.54, 1.807) is 48.3 Å². The molecule has 3 heterocycles. The van der Waals surface area contributed by atoms with Gasteiger partial charge in [-0.3, -0.25) is 14.4 Å². The summed E-state index contributed by atoms with van der Waals surface area (Å²) in [6, 6.07) is 6.84. The smallest absolute Gasteiger partial charge is 0.328 e. The minimum absolute atomic E-state index is 0.0603. The number of benzene rings is 1. The normalized spacial score (nSPS) is 23.3. The second kappa shape index (κ2) is 8.68. The van der Waals surface area contributed by atoms with Crippen LogP contribution in [0.3, 0.4) is 0 Å². The van der Waals surface area contributed by atoms with Gasteiger partial charge in [-0.1, -0.05) is 23.9 Å². The third-order valence-corrected chi connectivity index (χ3v) is 9.98. The second-order valence-electron chi connectivity index (χ2n) is 9.39. The molecule has 0 spiro atoms. The van der Waals surface area contributed by atoms with Gasteiger partial charge in [-0.25, -0.2) is 17.9 Å². The van der Waals surface area contributed by atoms with E-state index in [0.29, 0.717) is 11.3 Å². The van der Waals surface area contributed by atoms with Crippen molar-refractivity contribution >= 4 is 33.7 Å². The van der Waals surface area contributed by atoms with Gasteiger partial charge in [0.15, 0.2) is 0 Å². The van der Waals surface area contributed by atoms with Crippen LogP contribution in [-0.2, 0) is 35.0 Å². The highest BCUT2D eigenvalue weighted by Gasteiger charge is 2.52. The van der Waals surface area contributed by atoms with Crippen molar-refractivity contribution in [2.75, 3.05) is 7.11 Å². The van der Waals surface area contributed by atoms with Gasteiger partial charge in [-0.05, 0) is 43.5 Å². The van der Waals surface area contributed by atoms with Gasteiger partial charge in [-0.15, -0.1) is 0 Å². The van der Waals surface area contributed by atoms with Crippen molar-refractivity contribution in [3.63, 3.8) is 0 Å². The molecule has 2 atom stereocenters. The molecule has 10 nitrogen and oxygen atoms in total. The number of thioether (sulfide) groups is 1. The fourth-order valence-corrected chi connectivity index (χ4v) is 7.54. The molecule has 1 saturated heterocycles. The number of rotatable bonds is 8. The van der Waals surface area contributed by atoms with Crippen molar-refractivity contribution in [2.45, 2.75) is 43.8 Å². The number of aromatic nitrogens is 2. The van der Waals surface area contributed by atoms with E-state index in [1.165, 1.54) is 11.0 Å². The average Bonchev–Trinajstić information content (AvgIpc) is 3.20.